The maximum atomic E-state index is 12.3. The minimum atomic E-state index is -4.03. The number of halogens is 3. The molecule has 0 aromatic rings. The van der Waals surface area contributed by atoms with Crippen LogP contribution in [0.25, 0.3) is 0 Å². The Hall–Kier alpha value is -0.670. The molecule has 0 N–H and O–H groups in total. The Morgan fingerprint density at radius 1 is 1.46 bits per heavy atom. The molecule has 0 aromatic carbocycles. The lowest BCUT2D eigenvalue weighted by atomic mass is 10.1. The molecule has 1 fully saturated rings. The zero-order valence-electron chi connectivity index (χ0n) is 7.86. The van der Waals surface area contributed by atoms with Crippen LogP contribution in [-0.4, -0.2) is 24.2 Å². The number of allylic oxidation sites excluding steroid dienone is 2. The summed E-state index contributed by atoms with van der Waals surface area (Å²) in [5.41, 5.74) is 0.937. The topological polar surface area (TPSA) is 3.24 Å². The van der Waals surface area contributed by atoms with Gasteiger partial charge in [-0.1, -0.05) is 6.08 Å². The SMILES string of the molecule is C/C=C(/C)N1CCC(C(F)(F)F)C1. The maximum Gasteiger partial charge on any atom is 0.393 e. The number of nitrogens with zero attached hydrogens (tertiary/aromatic N) is 1. The van der Waals surface area contributed by atoms with Crippen LogP contribution >= 0.6 is 0 Å². The van der Waals surface area contributed by atoms with Gasteiger partial charge in [0.2, 0.25) is 0 Å². The van der Waals surface area contributed by atoms with Crippen LogP contribution in [0.1, 0.15) is 20.3 Å². The molecule has 4 heteroatoms. The highest BCUT2D eigenvalue weighted by atomic mass is 19.4. The van der Waals surface area contributed by atoms with E-state index in [9.17, 15) is 13.2 Å². The van der Waals surface area contributed by atoms with Gasteiger partial charge in [0.1, 0.15) is 0 Å². The van der Waals surface area contributed by atoms with E-state index in [2.05, 4.69) is 0 Å². The van der Waals surface area contributed by atoms with Gasteiger partial charge in [0.05, 0.1) is 5.92 Å². The van der Waals surface area contributed by atoms with Crippen molar-refractivity contribution in [2.75, 3.05) is 13.1 Å². The van der Waals surface area contributed by atoms with Crippen molar-refractivity contribution in [2.45, 2.75) is 26.4 Å². The van der Waals surface area contributed by atoms with Crippen molar-refractivity contribution in [2.24, 2.45) is 5.92 Å². The monoisotopic (exact) mass is 193 g/mol. The molecule has 1 nitrogen and oxygen atoms in total. The van der Waals surface area contributed by atoms with Gasteiger partial charge in [-0.3, -0.25) is 0 Å². The van der Waals surface area contributed by atoms with Crippen LogP contribution < -0.4 is 0 Å². The molecule has 0 spiro atoms. The summed E-state index contributed by atoms with van der Waals surface area (Å²) in [4.78, 5) is 1.79. The van der Waals surface area contributed by atoms with Crippen molar-refractivity contribution in [1.29, 1.82) is 0 Å². The fourth-order valence-electron chi connectivity index (χ4n) is 1.53. The van der Waals surface area contributed by atoms with E-state index in [1.807, 2.05) is 19.9 Å². The summed E-state index contributed by atoms with van der Waals surface area (Å²) in [7, 11) is 0. The zero-order valence-corrected chi connectivity index (χ0v) is 7.86. The minimum Gasteiger partial charge on any atom is -0.375 e. The fourth-order valence-corrected chi connectivity index (χ4v) is 1.53. The highest BCUT2D eigenvalue weighted by Crippen LogP contribution is 2.34. The lowest BCUT2D eigenvalue weighted by Gasteiger charge is -2.19. The Balaban J connectivity index is 2.55. The molecule has 1 rings (SSSR count). The first-order valence-corrected chi connectivity index (χ1v) is 4.39. The molecule has 1 aliphatic rings. The van der Waals surface area contributed by atoms with Crippen LogP contribution in [0.15, 0.2) is 11.8 Å². The number of hydrogen-bond acceptors (Lipinski definition) is 1. The molecule has 1 unspecified atom stereocenters. The largest absolute Gasteiger partial charge is 0.393 e. The zero-order chi connectivity index (χ0) is 10.1. The molecular formula is C9H14F3N. The van der Waals surface area contributed by atoms with Gasteiger partial charge in [0, 0.05) is 18.8 Å². The molecule has 0 aliphatic carbocycles. The fraction of sp³-hybridized carbons (Fsp3) is 0.778. The smallest absolute Gasteiger partial charge is 0.375 e. The van der Waals surface area contributed by atoms with Gasteiger partial charge in [0.15, 0.2) is 0 Å². The number of alkyl halides is 3. The average molecular weight is 193 g/mol. The van der Waals surface area contributed by atoms with E-state index in [1.165, 1.54) is 0 Å². The lowest BCUT2D eigenvalue weighted by Crippen LogP contribution is -2.26. The van der Waals surface area contributed by atoms with E-state index in [0.717, 1.165) is 5.70 Å². The van der Waals surface area contributed by atoms with Gasteiger partial charge < -0.3 is 4.90 Å². The summed E-state index contributed by atoms with van der Waals surface area (Å²) in [6.45, 7) is 4.34. The molecule has 1 aliphatic heterocycles. The van der Waals surface area contributed by atoms with E-state index in [0.29, 0.717) is 6.54 Å². The van der Waals surface area contributed by atoms with E-state index < -0.39 is 12.1 Å². The van der Waals surface area contributed by atoms with Crippen molar-refractivity contribution >= 4 is 0 Å². The number of likely N-dealkylation sites (tertiary alicyclic amines) is 1. The Morgan fingerprint density at radius 3 is 2.46 bits per heavy atom. The number of hydrogen-bond donors (Lipinski definition) is 0. The van der Waals surface area contributed by atoms with Gasteiger partial charge in [-0.15, -0.1) is 0 Å². The predicted molar refractivity (Wildman–Crippen MR) is 45.2 cm³/mol. The van der Waals surface area contributed by atoms with E-state index in [-0.39, 0.29) is 13.0 Å². The molecular weight excluding hydrogens is 179 g/mol. The second-order valence-corrected chi connectivity index (χ2v) is 3.40. The van der Waals surface area contributed by atoms with Gasteiger partial charge in [-0.2, -0.15) is 13.2 Å². The summed E-state index contributed by atoms with van der Waals surface area (Å²) in [6.07, 6.45) is -1.95. The van der Waals surface area contributed by atoms with Gasteiger partial charge in [-0.25, -0.2) is 0 Å². The van der Waals surface area contributed by atoms with Crippen LogP contribution in [0.4, 0.5) is 13.2 Å². The van der Waals surface area contributed by atoms with Crippen molar-refractivity contribution in [3.63, 3.8) is 0 Å². The lowest BCUT2D eigenvalue weighted by molar-refractivity contribution is -0.170. The Labute approximate surface area is 76.2 Å². The summed E-state index contributed by atoms with van der Waals surface area (Å²) < 4.78 is 36.8. The maximum absolute atomic E-state index is 12.3. The van der Waals surface area contributed by atoms with Gasteiger partial charge in [0.25, 0.3) is 0 Å². The number of rotatable bonds is 1. The van der Waals surface area contributed by atoms with Crippen LogP contribution in [0.2, 0.25) is 0 Å². The first-order valence-electron chi connectivity index (χ1n) is 4.39. The summed E-state index contributed by atoms with van der Waals surface area (Å²) in [5.74, 6) is -1.14. The summed E-state index contributed by atoms with van der Waals surface area (Å²) in [6, 6.07) is 0. The summed E-state index contributed by atoms with van der Waals surface area (Å²) >= 11 is 0. The van der Waals surface area contributed by atoms with E-state index >= 15 is 0 Å². The first-order chi connectivity index (χ1) is 5.95. The van der Waals surface area contributed by atoms with Crippen molar-refractivity contribution in [1.82, 2.24) is 4.90 Å². The molecule has 1 saturated heterocycles. The highest BCUT2D eigenvalue weighted by Gasteiger charge is 2.43. The van der Waals surface area contributed by atoms with E-state index in [4.69, 9.17) is 0 Å². The molecule has 1 heterocycles. The van der Waals surface area contributed by atoms with Gasteiger partial charge >= 0.3 is 6.18 Å². The van der Waals surface area contributed by atoms with Crippen LogP contribution in [0, 0.1) is 5.92 Å². The predicted octanol–water partition coefficient (Wildman–Crippen LogP) is 2.79. The molecule has 1 atom stereocenters. The van der Waals surface area contributed by atoms with Crippen LogP contribution in [0.3, 0.4) is 0 Å². The molecule has 13 heavy (non-hydrogen) atoms. The van der Waals surface area contributed by atoms with Crippen LogP contribution in [0.5, 0.6) is 0 Å². The molecule has 0 radical (unpaired) electrons. The quantitative estimate of drug-likeness (QED) is 0.619. The third-order valence-corrected chi connectivity index (χ3v) is 2.57. The van der Waals surface area contributed by atoms with E-state index in [1.54, 1.807) is 4.90 Å². The molecule has 76 valence electrons. The third kappa shape index (κ3) is 2.39. The first kappa shape index (κ1) is 10.4. The minimum absolute atomic E-state index is 0.125. The molecule has 0 saturated carbocycles. The Kier molecular flexibility index (Phi) is 2.88. The van der Waals surface area contributed by atoms with Crippen molar-refractivity contribution < 1.29 is 13.2 Å². The molecule has 0 bridgehead atoms. The normalized spacial score (nSPS) is 25.5. The highest BCUT2D eigenvalue weighted by molar-refractivity contribution is 4.99. The Bertz CT molecular complexity index is 207. The Morgan fingerprint density at radius 2 is 2.08 bits per heavy atom. The second-order valence-electron chi connectivity index (χ2n) is 3.40. The van der Waals surface area contributed by atoms with Crippen molar-refractivity contribution in [3.8, 4) is 0 Å². The third-order valence-electron chi connectivity index (χ3n) is 2.57. The average Bonchev–Trinajstić information content (AvgIpc) is 2.50. The summed E-state index contributed by atoms with van der Waals surface area (Å²) in [5, 5.41) is 0. The molecule has 0 aromatic heterocycles. The van der Waals surface area contributed by atoms with Gasteiger partial charge in [-0.05, 0) is 20.3 Å². The van der Waals surface area contributed by atoms with Crippen molar-refractivity contribution in [3.05, 3.63) is 11.8 Å². The standard InChI is InChI=1S/C9H14F3N/c1-3-7(2)13-5-4-8(6-13)9(10,11)12/h3,8H,4-6H2,1-2H3/b7-3-. The molecule has 0 amide bonds. The van der Waals surface area contributed by atoms with Crippen LogP contribution in [-0.2, 0) is 0 Å². The second kappa shape index (κ2) is 3.60.